The summed E-state index contributed by atoms with van der Waals surface area (Å²) in [6.07, 6.45) is 4.58. The Balaban J connectivity index is 1.94. The summed E-state index contributed by atoms with van der Waals surface area (Å²) in [7, 11) is 0. The van der Waals surface area contributed by atoms with Gasteiger partial charge >= 0.3 is 0 Å². The molecule has 5 heteroatoms. The van der Waals surface area contributed by atoms with Crippen molar-refractivity contribution in [2.24, 2.45) is 0 Å². The van der Waals surface area contributed by atoms with Gasteiger partial charge in [0.1, 0.15) is 0 Å². The molecular weight excluding hydrogens is 226 g/mol. The molecule has 1 atom stereocenters. The number of anilines is 1. The molecule has 0 aromatic carbocycles. The van der Waals surface area contributed by atoms with E-state index in [0.29, 0.717) is 0 Å². The highest BCUT2D eigenvalue weighted by Crippen LogP contribution is 2.13. The van der Waals surface area contributed by atoms with Crippen molar-refractivity contribution in [1.29, 1.82) is 5.26 Å². The summed E-state index contributed by atoms with van der Waals surface area (Å²) in [6, 6.07) is 2.41. The first-order valence-corrected chi connectivity index (χ1v) is 6.42. The van der Waals surface area contributed by atoms with Crippen LogP contribution in [-0.2, 0) is 0 Å². The van der Waals surface area contributed by atoms with Crippen LogP contribution in [-0.4, -0.2) is 47.1 Å². The van der Waals surface area contributed by atoms with Crippen LogP contribution in [0.2, 0.25) is 0 Å². The molecule has 0 radical (unpaired) electrons. The molecule has 0 spiro atoms. The van der Waals surface area contributed by atoms with E-state index in [1.54, 1.807) is 0 Å². The third-order valence-corrected chi connectivity index (χ3v) is 3.34. The van der Waals surface area contributed by atoms with Gasteiger partial charge in [-0.15, -0.1) is 0 Å². The Labute approximate surface area is 108 Å². The van der Waals surface area contributed by atoms with Crippen molar-refractivity contribution in [3.63, 3.8) is 0 Å². The van der Waals surface area contributed by atoms with Crippen LogP contribution in [0.1, 0.15) is 18.9 Å². The van der Waals surface area contributed by atoms with Crippen LogP contribution >= 0.6 is 0 Å². The van der Waals surface area contributed by atoms with Gasteiger partial charge in [-0.1, -0.05) is 6.92 Å². The van der Waals surface area contributed by atoms with Gasteiger partial charge in [0.15, 0.2) is 0 Å². The maximum absolute atomic E-state index is 9.06. The lowest BCUT2D eigenvalue weighted by Crippen LogP contribution is -2.50. The second-order valence-corrected chi connectivity index (χ2v) is 4.64. The molecule has 2 heterocycles. The first kappa shape index (κ1) is 12.8. The zero-order chi connectivity index (χ0) is 13.0. The van der Waals surface area contributed by atoms with E-state index < -0.39 is 0 Å². The number of rotatable bonds is 3. The molecule has 5 nitrogen and oxygen atoms in total. The molecule has 1 aromatic rings. The zero-order valence-corrected chi connectivity index (χ0v) is 11.0. The smallest absolute Gasteiger partial charge is 0.225 e. The van der Waals surface area contributed by atoms with Gasteiger partial charge < -0.3 is 4.90 Å². The van der Waals surface area contributed by atoms with Gasteiger partial charge in [0.2, 0.25) is 5.95 Å². The Kier molecular flexibility index (Phi) is 4.11. The highest BCUT2D eigenvalue weighted by molar-refractivity contribution is 5.30. The van der Waals surface area contributed by atoms with Crippen LogP contribution in [0.4, 0.5) is 5.95 Å². The van der Waals surface area contributed by atoms with E-state index in [0.717, 1.165) is 44.1 Å². The van der Waals surface area contributed by atoms with Crippen molar-refractivity contribution in [3.8, 4) is 6.07 Å². The molecule has 1 fully saturated rings. The van der Waals surface area contributed by atoms with Crippen LogP contribution in [0, 0.1) is 18.3 Å². The summed E-state index contributed by atoms with van der Waals surface area (Å²) < 4.78 is 0. The largest absolute Gasteiger partial charge is 0.338 e. The van der Waals surface area contributed by atoms with E-state index in [-0.39, 0.29) is 6.04 Å². The van der Waals surface area contributed by atoms with Crippen molar-refractivity contribution in [3.05, 3.63) is 18.0 Å². The molecule has 96 valence electrons. The third-order valence-electron chi connectivity index (χ3n) is 3.34. The molecule has 2 rings (SSSR count). The fraction of sp³-hybridized carbons (Fsp3) is 0.615. The minimum Gasteiger partial charge on any atom is -0.338 e. The van der Waals surface area contributed by atoms with Crippen molar-refractivity contribution in [2.45, 2.75) is 26.3 Å². The number of aromatic nitrogens is 2. The van der Waals surface area contributed by atoms with Crippen molar-refractivity contribution >= 4 is 5.95 Å². The Morgan fingerprint density at radius 3 is 2.39 bits per heavy atom. The minimum absolute atomic E-state index is 0.0473. The molecule has 1 saturated heterocycles. The molecule has 1 aliphatic rings. The summed E-state index contributed by atoms with van der Waals surface area (Å²) in [5.74, 6) is 0.797. The maximum atomic E-state index is 9.06. The lowest BCUT2D eigenvalue weighted by Gasteiger charge is -2.36. The summed E-state index contributed by atoms with van der Waals surface area (Å²) in [5, 5.41) is 9.06. The Morgan fingerprint density at radius 2 is 1.89 bits per heavy atom. The van der Waals surface area contributed by atoms with Crippen LogP contribution in [0.25, 0.3) is 0 Å². The average Bonchev–Trinajstić information content (AvgIpc) is 2.42. The number of hydrogen-bond acceptors (Lipinski definition) is 5. The lowest BCUT2D eigenvalue weighted by atomic mass is 10.2. The number of piperazine rings is 1. The number of nitrogens with zero attached hydrogens (tertiary/aromatic N) is 5. The summed E-state index contributed by atoms with van der Waals surface area (Å²) >= 11 is 0. The molecule has 0 aliphatic carbocycles. The molecular formula is C13H19N5. The lowest BCUT2D eigenvalue weighted by molar-refractivity contribution is 0.215. The van der Waals surface area contributed by atoms with E-state index in [1.165, 1.54) is 0 Å². The van der Waals surface area contributed by atoms with Gasteiger partial charge in [-0.25, -0.2) is 9.97 Å². The van der Waals surface area contributed by atoms with E-state index >= 15 is 0 Å². The van der Waals surface area contributed by atoms with Gasteiger partial charge in [0.25, 0.3) is 0 Å². The van der Waals surface area contributed by atoms with Crippen molar-refractivity contribution in [1.82, 2.24) is 14.9 Å². The zero-order valence-electron chi connectivity index (χ0n) is 11.0. The molecule has 1 aromatic heterocycles. The molecule has 1 aliphatic heterocycles. The maximum Gasteiger partial charge on any atom is 0.225 e. The first-order valence-electron chi connectivity index (χ1n) is 6.42. The molecule has 0 N–H and O–H groups in total. The summed E-state index contributed by atoms with van der Waals surface area (Å²) in [6.45, 7) is 7.64. The van der Waals surface area contributed by atoms with Gasteiger partial charge in [0.05, 0.1) is 12.1 Å². The van der Waals surface area contributed by atoms with E-state index in [4.69, 9.17) is 5.26 Å². The first-order chi connectivity index (χ1) is 8.74. The van der Waals surface area contributed by atoms with Gasteiger partial charge in [-0.05, 0) is 18.9 Å². The number of hydrogen-bond donors (Lipinski definition) is 0. The standard InChI is InChI=1S/C13H19N5/c1-3-12(8-14)17-4-6-18(7-5-17)13-15-9-11(2)10-16-13/h9-10,12H,3-7H2,1-2H3. The summed E-state index contributed by atoms with van der Waals surface area (Å²) in [4.78, 5) is 13.1. The average molecular weight is 245 g/mol. The van der Waals surface area contributed by atoms with Crippen LogP contribution in [0.15, 0.2) is 12.4 Å². The van der Waals surface area contributed by atoms with Crippen molar-refractivity contribution < 1.29 is 0 Å². The molecule has 1 unspecified atom stereocenters. The van der Waals surface area contributed by atoms with Crippen LogP contribution in [0.5, 0.6) is 0 Å². The summed E-state index contributed by atoms with van der Waals surface area (Å²) in [5.41, 5.74) is 1.08. The second-order valence-electron chi connectivity index (χ2n) is 4.64. The number of aryl methyl sites for hydroxylation is 1. The molecule has 18 heavy (non-hydrogen) atoms. The minimum atomic E-state index is 0.0473. The Morgan fingerprint density at radius 1 is 1.28 bits per heavy atom. The van der Waals surface area contributed by atoms with E-state index in [9.17, 15) is 0 Å². The monoisotopic (exact) mass is 245 g/mol. The quantitative estimate of drug-likeness (QED) is 0.801. The fourth-order valence-corrected chi connectivity index (χ4v) is 2.21. The molecule has 0 bridgehead atoms. The molecule has 0 amide bonds. The highest BCUT2D eigenvalue weighted by atomic mass is 15.3. The predicted octanol–water partition coefficient (Wildman–Crippen LogP) is 1.21. The van der Waals surface area contributed by atoms with Crippen LogP contribution in [0.3, 0.4) is 0 Å². The van der Waals surface area contributed by atoms with Crippen LogP contribution < -0.4 is 4.90 Å². The van der Waals surface area contributed by atoms with Gasteiger partial charge in [-0.2, -0.15) is 5.26 Å². The van der Waals surface area contributed by atoms with Crippen molar-refractivity contribution in [2.75, 3.05) is 31.1 Å². The van der Waals surface area contributed by atoms with Gasteiger partial charge in [-0.3, -0.25) is 4.90 Å². The van der Waals surface area contributed by atoms with E-state index in [1.807, 2.05) is 19.3 Å². The Hall–Kier alpha value is -1.67. The molecule has 0 saturated carbocycles. The Bertz CT molecular complexity index is 414. The SMILES string of the molecule is CCC(C#N)N1CCN(c2ncc(C)cn2)CC1. The number of nitriles is 1. The van der Waals surface area contributed by atoms with Gasteiger partial charge in [0, 0.05) is 38.6 Å². The third kappa shape index (κ3) is 2.77. The fourth-order valence-electron chi connectivity index (χ4n) is 2.21. The topological polar surface area (TPSA) is 56.1 Å². The second kappa shape index (κ2) is 5.78. The highest BCUT2D eigenvalue weighted by Gasteiger charge is 2.23. The normalized spacial score (nSPS) is 18.4. The predicted molar refractivity (Wildman–Crippen MR) is 70.2 cm³/mol. The van der Waals surface area contributed by atoms with E-state index in [2.05, 4.69) is 32.8 Å².